The summed E-state index contributed by atoms with van der Waals surface area (Å²) < 4.78 is 26.8. The van der Waals surface area contributed by atoms with Crippen LogP contribution in [0.4, 0.5) is 5.69 Å². The Morgan fingerprint density at radius 2 is 1.81 bits per heavy atom. The van der Waals surface area contributed by atoms with E-state index < -0.39 is 16.0 Å². The van der Waals surface area contributed by atoms with Crippen molar-refractivity contribution in [3.8, 4) is 0 Å². The molecule has 0 saturated heterocycles. The molecule has 0 atom stereocenters. The highest BCUT2D eigenvalue weighted by atomic mass is 32.2. The molecule has 0 radical (unpaired) electrons. The van der Waals surface area contributed by atoms with Crippen molar-refractivity contribution in [3.05, 3.63) is 46.7 Å². The van der Waals surface area contributed by atoms with Gasteiger partial charge in [0.1, 0.15) is 0 Å². The van der Waals surface area contributed by atoms with Gasteiger partial charge in [-0.2, -0.15) is 8.42 Å². The average Bonchev–Trinajstić information content (AvgIpc) is 2.91. The molecule has 0 spiro atoms. The van der Waals surface area contributed by atoms with E-state index in [2.05, 4.69) is 9.39 Å². The maximum atomic E-state index is 11.8. The standard InChI is InChI=1S/C13H14N4O2S2/c1-9(12-3-2-8-20-12)16-10-4-6-11(7-5-10)21(18,19)17-13(14)15/h2-8H,1H3,(H4,14,15,17). The average molecular weight is 322 g/mol. The molecule has 0 bridgehead atoms. The molecule has 0 aliphatic rings. The van der Waals surface area contributed by atoms with E-state index in [0.29, 0.717) is 5.69 Å². The fourth-order valence-corrected chi connectivity index (χ4v) is 3.16. The molecule has 1 aromatic carbocycles. The number of thiophene rings is 1. The van der Waals surface area contributed by atoms with Crippen molar-refractivity contribution < 1.29 is 8.42 Å². The van der Waals surface area contributed by atoms with Crippen molar-refractivity contribution >= 4 is 38.7 Å². The van der Waals surface area contributed by atoms with E-state index in [1.54, 1.807) is 23.5 Å². The lowest BCUT2D eigenvalue weighted by atomic mass is 10.3. The summed E-state index contributed by atoms with van der Waals surface area (Å²) >= 11 is 1.59. The number of hydrogen-bond donors (Lipinski definition) is 2. The van der Waals surface area contributed by atoms with Gasteiger partial charge in [0.15, 0.2) is 0 Å². The summed E-state index contributed by atoms with van der Waals surface area (Å²) in [6.07, 6.45) is 0. The second-order valence-corrected chi connectivity index (χ2v) is 6.71. The quantitative estimate of drug-likeness (QED) is 0.661. The highest BCUT2D eigenvalue weighted by molar-refractivity contribution is 7.90. The van der Waals surface area contributed by atoms with E-state index in [-0.39, 0.29) is 4.90 Å². The van der Waals surface area contributed by atoms with Crippen LogP contribution in [-0.2, 0) is 10.0 Å². The first-order chi connectivity index (χ1) is 9.88. The fraction of sp³-hybridized carbons (Fsp3) is 0.0769. The zero-order chi connectivity index (χ0) is 15.5. The van der Waals surface area contributed by atoms with Gasteiger partial charge in [-0.15, -0.1) is 15.7 Å². The zero-order valence-electron chi connectivity index (χ0n) is 11.2. The van der Waals surface area contributed by atoms with Crippen LogP contribution in [-0.4, -0.2) is 20.1 Å². The highest BCUT2D eigenvalue weighted by Gasteiger charge is 2.12. The van der Waals surface area contributed by atoms with Crippen LogP contribution in [0.1, 0.15) is 11.8 Å². The number of rotatable bonds is 4. The molecular formula is C13H14N4O2S2. The van der Waals surface area contributed by atoms with Crippen molar-refractivity contribution in [3.63, 3.8) is 0 Å². The lowest BCUT2D eigenvalue weighted by molar-refractivity contribution is 0.598. The molecule has 1 heterocycles. The smallest absolute Gasteiger partial charge is 0.285 e. The zero-order valence-corrected chi connectivity index (χ0v) is 12.9. The number of benzene rings is 1. The van der Waals surface area contributed by atoms with Crippen LogP contribution in [0.3, 0.4) is 0 Å². The Morgan fingerprint density at radius 3 is 2.33 bits per heavy atom. The van der Waals surface area contributed by atoms with E-state index in [1.165, 1.54) is 12.1 Å². The summed E-state index contributed by atoms with van der Waals surface area (Å²) in [4.78, 5) is 5.51. The van der Waals surface area contributed by atoms with Crippen LogP contribution in [0.25, 0.3) is 0 Å². The molecule has 0 amide bonds. The van der Waals surface area contributed by atoms with Crippen LogP contribution in [0, 0.1) is 0 Å². The lowest BCUT2D eigenvalue weighted by Gasteiger charge is -2.01. The first-order valence-corrected chi connectivity index (χ1v) is 8.25. The van der Waals surface area contributed by atoms with Crippen molar-refractivity contribution in [1.29, 1.82) is 0 Å². The molecule has 2 rings (SSSR count). The number of nitrogens with two attached hydrogens (primary N) is 2. The molecule has 21 heavy (non-hydrogen) atoms. The van der Waals surface area contributed by atoms with Crippen molar-refractivity contribution in [2.45, 2.75) is 11.8 Å². The molecule has 0 aliphatic heterocycles. The van der Waals surface area contributed by atoms with Gasteiger partial charge in [0.05, 0.1) is 16.3 Å². The minimum Gasteiger partial charge on any atom is -0.369 e. The summed E-state index contributed by atoms with van der Waals surface area (Å²) in [7, 11) is -3.86. The molecule has 0 unspecified atom stereocenters. The summed E-state index contributed by atoms with van der Waals surface area (Å²) in [5, 5.41) is 1.97. The topological polar surface area (TPSA) is 111 Å². The van der Waals surface area contributed by atoms with E-state index in [0.717, 1.165) is 10.6 Å². The van der Waals surface area contributed by atoms with Gasteiger partial charge in [-0.1, -0.05) is 6.07 Å². The maximum absolute atomic E-state index is 11.8. The molecule has 2 aromatic rings. The monoisotopic (exact) mass is 322 g/mol. The molecule has 4 N–H and O–H groups in total. The predicted molar refractivity (Wildman–Crippen MR) is 85.6 cm³/mol. The molecule has 0 fully saturated rings. The number of nitrogens with zero attached hydrogens (tertiary/aromatic N) is 2. The molecule has 1 aromatic heterocycles. The Labute approximate surface area is 126 Å². The van der Waals surface area contributed by atoms with Gasteiger partial charge in [0, 0.05) is 4.88 Å². The molecule has 110 valence electrons. The number of sulfonamides is 1. The Hall–Kier alpha value is -2.19. The van der Waals surface area contributed by atoms with E-state index in [4.69, 9.17) is 11.5 Å². The van der Waals surface area contributed by atoms with E-state index >= 15 is 0 Å². The third-order valence-corrected chi connectivity index (χ3v) is 4.83. The highest BCUT2D eigenvalue weighted by Crippen LogP contribution is 2.20. The first-order valence-electron chi connectivity index (χ1n) is 5.93. The van der Waals surface area contributed by atoms with Crippen molar-refractivity contribution in [2.75, 3.05) is 0 Å². The fourth-order valence-electron chi connectivity index (χ4n) is 1.62. The molecule has 6 nitrogen and oxygen atoms in total. The third kappa shape index (κ3) is 3.89. The predicted octanol–water partition coefficient (Wildman–Crippen LogP) is 1.85. The number of aliphatic imine (C=N–C) groups is 1. The third-order valence-electron chi connectivity index (χ3n) is 2.53. The second-order valence-electron chi connectivity index (χ2n) is 4.16. The van der Waals surface area contributed by atoms with E-state index in [9.17, 15) is 8.42 Å². The molecule has 0 saturated carbocycles. The van der Waals surface area contributed by atoms with Gasteiger partial charge in [-0.05, 0) is 42.6 Å². The molecule has 8 heteroatoms. The van der Waals surface area contributed by atoms with Crippen LogP contribution in [0.5, 0.6) is 0 Å². The lowest BCUT2D eigenvalue weighted by Crippen LogP contribution is -2.24. The minimum atomic E-state index is -3.86. The summed E-state index contributed by atoms with van der Waals surface area (Å²) in [6.45, 7) is 1.90. The summed E-state index contributed by atoms with van der Waals surface area (Å²) in [5.74, 6) is -0.495. The Bertz CT molecular complexity index is 772. The van der Waals surface area contributed by atoms with Crippen LogP contribution in [0.15, 0.2) is 56.1 Å². The van der Waals surface area contributed by atoms with E-state index in [1.807, 2.05) is 24.4 Å². The number of hydrogen-bond acceptors (Lipinski definition) is 4. The van der Waals surface area contributed by atoms with Gasteiger partial charge < -0.3 is 11.5 Å². The Balaban J connectivity index is 2.28. The largest absolute Gasteiger partial charge is 0.369 e. The number of guanidine groups is 1. The molecular weight excluding hydrogens is 308 g/mol. The first kappa shape index (κ1) is 15.2. The Kier molecular flexibility index (Phi) is 4.39. The van der Waals surface area contributed by atoms with Gasteiger partial charge in [-0.25, -0.2) is 0 Å². The van der Waals surface area contributed by atoms with Crippen molar-refractivity contribution in [1.82, 2.24) is 0 Å². The van der Waals surface area contributed by atoms with Gasteiger partial charge >= 0.3 is 0 Å². The SMILES string of the molecule is CC(=Nc1ccc(S(=O)(=O)N=C(N)N)cc1)c1cccs1. The second kappa shape index (κ2) is 6.06. The summed E-state index contributed by atoms with van der Waals surface area (Å²) in [5.41, 5.74) is 11.7. The van der Waals surface area contributed by atoms with Crippen molar-refractivity contribution in [2.24, 2.45) is 20.9 Å². The van der Waals surface area contributed by atoms with Crippen LogP contribution in [0.2, 0.25) is 0 Å². The van der Waals surface area contributed by atoms with Crippen LogP contribution < -0.4 is 11.5 Å². The van der Waals surface area contributed by atoms with Crippen LogP contribution >= 0.6 is 11.3 Å². The maximum Gasteiger partial charge on any atom is 0.285 e. The van der Waals surface area contributed by atoms with Gasteiger partial charge in [0.25, 0.3) is 10.0 Å². The Morgan fingerprint density at radius 1 is 1.14 bits per heavy atom. The normalized spacial score (nSPS) is 12.1. The molecule has 0 aliphatic carbocycles. The summed E-state index contributed by atoms with van der Waals surface area (Å²) in [6, 6.07) is 9.97. The van der Waals surface area contributed by atoms with Gasteiger partial charge in [0.2, 0.25) is 5.96 Å². The minimum absolute atomic E-state index is 0.0172. The van der Waals surface area contributed by atoms with Gasteiger partial charge in [-0.3, -0.25) is 4.99 Å².